The largest absolute Gasteiger partial charge is 0.503 e. The Morgan fingerprint density at radius 1 is 0.694 bits per heavy atom. The van der Waals surface area contributed by atoms with Crippen molar-refractivity contribution in [1.82, 2.24) is 0 Å². The molecule has 2 atom stereocenters. The quantitative estimate of drug-likeness (QED) is 0.382. The molecule has 4 aliphatic rings. The van der Waals surface area contributed by atoms with E-state index in [1.807, 2.05) is 6.07 Å². The van der Waals surface area contributed by atoms with Crippen LogP contribution in [0.4, 0.5) is 0 Å². The summed E-state index contributed by atoms with van der Waals surface area (Å²) in [4.78, 5) is 1.17. The summed E-state index contributed by atoms with van der Waals surface area (Å²) in [6.45, 7) is 1.56. The Kier molecular flexibility index (Phi) is 7.88. The van der Waals surface area contributed by atoms with Crippen LogP contribution in [0.15, 0.2) is 29.2 Å². The van der Waals surface area contributed by atoms with Gasteiger partial charge in [-0.05, 0) is 56.4 Å². The van der Waals surface area contributed by atoms with Gasteiger partial charge in [0.25, 0.3) is 0 Å². The van der Waals surface area contributed by atoms with E-state index in [4.69, 9.17) is 9.47 Å². The highest BCUT2D eigenvalue weighted by Gasteiger charge is 2.46. The Morgan fingerprint density at radius 3 is 1.86 bits per heavy atom. The summed E-state index contributed by atoms with van der Waals surface area (Å²) in [7, 11) is 0.0826. The zero-order valence-electron chi connectivity index (χ0n) is 22.0. The van der Waals surface area contributed by atoms with Crippen LogP contribution in [0.25, 0.3) is 10.8 Å². The number of hydrogen-bond donors (Lipinski definition) is 1. The van der Waals surface area contributed by atoms with Gasteiger partial charge in [0.1, 0.15) is 23.0 Å². The number of phenolic OH excluding ortho intramolecular Hbond substituents is 1. The van der Waals surface area contributed by atoms with Crippen LogP contribution in [0, 0.1) is 23.7 Å². The van der Waals surface area contributed by atoms with E-state index >= 15 is 0 Å². The molecule has 1 N–H and O–H groups in total. The van der Waals surface area contributed by atoms with Gasteiger partial charge in [-0.3, -0.25) is 0 Å². The van der Waals surface area contributed by atoms with Gasteiger partial charge in [0.15, 0.2) is 5.75 Å². The molecule has 196 valence electrons. The maximum absolute atomic E-state index is 11.5. The second kappa shape index (κ2) is 11.5. The van der Waals surface area contributed by atoms with Crippen LogP contribution >= 0.6 is 0 Å². The Bertz CT molecular complexity index is 1010. The Labute approximate surface area is 220 Å². The molecule has 36 heavy (non-hydrogen) atoms. The number of fused-ring (bicyclic) bond motifs is 2. The van der Waals surface area contributed by atoms with Crippen LogP contribution in [0.5, 0.6) is 17.2 Å². The SMILES string of the molecule is Oc1cc(OCC2CCCCC2)c2cccc(OCC3CCCCC3)c2c1[S+]1CC2CCCCC2C1. The van der Waals surface area contributed by atoms with Crippen molar-refractivity contribution < 1.29 is 14.6 Å². The molecule has 0 aromatic heterocycles. The highest BCUT2D eigenvalue weighted by atomic mass is 32.2. The lowest BCUT2D eigenvalue weighted by atomic mass is 9.82. The van der Waals surface area contributed by atoms with Crippen LogP contribution in [-0.2, 0) is 10.9 Å². The van der Waals surface area contributed by atoms with E-state index < -0.39 is 0 Å². The van der Waals surface area contributed by atoms with Gasteiger partial charge in [-0.15, -0.1) is 0 Å². The third-order valence-electron chi connectivity index (χ3n) is 9.60. The first-order chi connectivity index (χ1) is 17.8. The molecular weight excluding hydrogens is 464 g/mol. The topological polar surface area (TPSA) is 38.7 Å². The van der Waals surface area contributed by atoms with E-state index in [0.29, 0.717) is 17.6 Å². The Morgan fingerprint density at radius 2 is 1.25 bits per heavy atom. The monoisotopic (exact) mass is 509 g/mol. The average Bonchev–Trinajstić information content (AvgIpc) is 3.35. The minimum absolute atomic E-state index is 0.0826. The van der Waals surface area contributed by atoms with E-state index in [2.05, 4.69) is 18.2 Å². The molecule has 3 aliphatic carbocycles. The standard InChI is InChI=1S/C32H44O3S/c33-28-18-30(35-20-24-12-5-2-6-13-24)27-16-9-17-29(34-19-23-10-3-1-4-11-23)31(27)32(28)36-21-25-14-7-8-15-26(25)22-36/h9,16-18,23-26H,1-8,10-15,19-22H2/p+1. The van der Waals surface area contributed by atoms with Gasteiger partial charge >= 0.3 is 0 Å². The first kappa shape index (κ1) is 24.8. The van der Waals surface area contributed by atoms with E-state index in [-0.39, 0.29) is 10.9 Å². The van der Waals surface area contributed by atoms with Crippen molar-refractivity contribution in [2.24, 2.45) is 23.7 Å². The van der Waals surface area contributed by atoms with Crippen molar-refractivity contribution in [3.05, 3.63) is 24.3 Å². The van der Waals surface area contributed by atoms with E-state index in [0.717, 1.165) is 47.3 Å². The third kappa shape index (κ3) is 5.35. The molecule has 0 bridgehead atoms. The smallest absolute Gasteiger partial charge is 0.208 e. The lowest BCUT2D eigenvalue weighted by Gasteiger charge is -2.24. The maximum atomic E-state index is 11.5. The molecule has 4 heteroatoms. The predicted octanol–water partition coefficient (Wildman–Crippen LogP) is 8.26. The molecule has 1 aliphatic heterocycles. The molecule has 0 amide bonds. The second-order valence-corrected chi connectivity index (χ2v) is 14.2. The first-order valence-corrected chi connectivity index (χ1v) is 16.5. The van der Waals surface area contributed by atoms with Crippen molar-refractivity contribution in [2.45, 2.75) is 94.8 Å². The van der Waals surface area contributed by atoms with Crippen LogP contribution in [0.1, 0.15) is 89.9 Å². The molecule has 1 saturated heterocycles. The lowest BCUT2D eigenvalue weighted by molar-refractivity contribution is 0.208. The zero-order valence-corrected chi connectivity index (χ0v) is 22.8. The van der Waals surface area contributed by atoms with Crippen LogP contribution < -0.4 is 9.47 Å². The second-order valence-electron chi connectivity index (χ2n) is 12.2. The highest BCUT2D eigenvalue weighted by Crippen LogP contribution is 2.49. The molecule has 2 aromatic rings. The van der Waals surface area contributed by atoms with E-state index in [1.54, 1.807) is 0 Å². The lowest BCUT2D eigenvalue weighted by Crippen LogP contribution is -2.16. The summed E-state index contributed by atoms with van der Waals surface area (Å²) >= 11 is 0. The molecule has 3 saturated carbocycles. The highest BCUT2D eigenvalue weighted by molar-refractivity contribution is 7.97. The number of ether oxygens (including phenoxy) is 2. The Balaban J connectivity index is 1.33. The molecule has 0 spiro atoms. The minimum atomic E-state index is 0.0826. The summed E-state index contributed by atoms with van der Waals surface area (Å²) in [5.74, 6) is 7.72. The molecule has 3 nitrogen and oxygen atoms in total. The average molecular weight is 510 g/mol. The molecule has 6 rings (SSSR count). The summed E-state index contributed by atoms with van der Waals surface area (Å²) in [6.07, 6.45) is 18.7. The first-order valence-electron chi connectivity index (χ1n) is 15.0. The molecule has 2 unspecified atom stereocenters. The van der Waals surface area contributed by atoms with Crippen molar-refractivity contribution in [2.75, 3.05) is 24.7 Å². The summed E-state index contributed by atoms with van der Waals surface area (Å²) in [5, 5.41) is 13.8. The summed E-state index contributed by atoms with van der Waals surface area (Å²) in [5.41, 5.74) is 0. The van der Waals surface area contributed by atoms with Crippen molar-refractivity contribution >= 4 is 21.7 Å². The van der Waals surface area contributed by atoms with Crippen LogP contribution in [-0.4, -0.2) is 29.8 Å². The van der Waals surface area contributed by atoms with Gasteiger partial charge in [-0.1, -0.05) is 63.5 Å². The summed E-state index contributed by atoms with van der Waals surface area (Å²) < 4.78 is 13.1. The fourth-order valence-corrected chi connectivity index (χ4v) is 10.7. The van der Waals surface area contributed by atoms with Crippen LogP contribution in [0.3, 0.4) is 0 Å². The number of benzene rings is 2. The number of phenols is 1. The molecular formula is C32H45O3S+. The van der Waals surface area contributed by atoms with Gasteiger partial charge in [-0.25, -0.2) is 0 Å². The number of aromatic hydroxyl groups is 1. The number of hydrogen-bond acceptors (Lipinski definition) is 3. The summed E-state index contributed by atoms with van der Waals surface area (Å²) in [6, 6.07) is 8.42. The normalized spacial score (nSPS) is 27.7. The van der Waals surface area contributed by atoms with Gasteiger partial charge in [0.05, 0.1) is 18.6 Å². The molecule has 0 radical (unpaired) electrons. The third-order valence-corrected chi connectivity index (χ3v) is 12.3. The van der Waals surface area contributed by atoms with Gasteiger partial charge in [0, 0.05) is 34.2 Å². The van der Waals surface area contributed by atoms with E-state index in [1.165, 1.54) is 106 Å². The zero-order chi connectivity index (χ0) is 24.3. The van der Waals surface area contributed by atoms with Crippen molar-refractivity contribution in [3.63, 3.8) is 0 Å². The van der Waals surface area contributed by atoms with Crippen LogP contribution in [0.2, 0.25) is 0 Å². The van der Waals surface area contributed by atoms with Gasteiger partial charge in [0.2, 0.25) is 4.90 Å². The van der Waals surface area contributed by atoms with E-state index in [9.17, 15) is 5.11 Å². The van der Waals surface area contributed by atoms with Gasteiger partial charge < -0.3 is 14.6 Å². The predicted molar refractivity (Wildman–Crippen MR) is 151 cm³/mol. The Hall–Kier alpha value is -1.55. The van der Waals surface area contributed by atoms with Crippen molar-refractivity contribution in [3.8, 4) is 17.2 Å². The van der Waals surface area contributed by atoms with Crippen molar-refractivity contribution in [1.29, 1.82) is 0 Å². The molecule has 4 fully saturated rings. The maximum Gasteiger partial charge on any atom is 0.208 e. The fourth-order valence-electron chi connectivity index (χ4n) is 7.50. The van der Waals surface area contributed by atoms with Gasteiger partial charge in [-0.2, -0.15) is 0 Å². The molecule has 2 aromatic carbocycles. The fraction of sp³-hybridized carbons (Fsp3) is 0.688. The number of rotatable bonds is 7. The molecule has 1 heterocycles. The minimum Gasteiger partial charge on any atom is -0.503 e.